The molecule has 4 aliphatic rings. The van der Waals surface area contributed by atoms with Crippen molar-refractivity contribution in [1.29, 1.82) is 0 Å². The predicted octanol–water partition coefficient (Wildman–Crippen LogP) is -7.53. The van der Waals surface area contributed by atoms with Crippen LogP contribution >= 0.6 is 0 Å². The van der Waals surface area contributed by atoms with Gasteiger partial charge < -0.3 is 81.7 Å². The summed E-state index contributed by atoms with van der Waals surface area (Å²) in [6, 6.07) is -2.87. The third kappa shape index (κ3) is 4.61. The Morgan fingerprint density at radius 1 is 0.829 bits per heavy atom. The fourth-order valence-corrected chi connectivity index (χ4v) is 4.98. The molecule has 1 aliphatic carbocycles. The minimum absolute atomic E-state index is 0.118. The summed E-state index contributed by atoms with van der Waals surface area (Å²) < 4.78 is 28.5. The lowest BCUT2D eigenvalue weighted by Gasteiger charge is -2.46. The molecule has 3 heterocycles. The van der Waals surface area contributed by atoms with Crippen molar-refractivity contribution < 1.29 is 64.5 Å². The van der Waals surface area contributed by atoms with Crippen molar-refractivity contribution in [1.82, 2.24) is 0 Å². The molecule has 1 spiro atoms. The fourth-order valence-electron chi connectivity index (χ4n) is 4.98. The van der Waals surface area contributed by atoms with Gasteiger partial charge in [-0.05, 0) is 6.42 Å². The number of ether oxygens (including phenoxy) is 5. The number of aliphatic hydroxyl groups is 8. The van der Waals surface area contributed by atoms with Gasteiger partial charge in [-0.3, -0.25) is 0 Å². The second kappa shape index (κ2) is 10.3. The van der Waals surface area contributed by atoms with Crippen molar-refractivity contribution in [2.75, 3.05) is 13.2 Å². The lowest BCUT2D eigenvalue weighted by molar-refractivity contribution is -0.439. The van der Waals surface area contributed by atoms with E-state index < -0.39 is 111 Å². The molecule has 16 nitrogen and oxygen atoms in total. The smallest absolute Gasteiger partial charge is 0.314 e. The average molecular weight is 513 g/mol. The molecule has 3 saturated heterocycles. The molecule has 3 aliphatic heterocycles. The Hall–Kier alpha value is -0.640. The maximum absolute atomic E-state index is 10.7. The van der Waals surface area contributed by atoms with Gasteiger partial charge in [-0.15, -0.1) is 0 Å². The molecule has 4 fully saturated rings. The normalized spacial score (nSPS) is 55.6. The Morgan fingerprint density at radius 3 is 2.00 bits per heavy atom. The van der Waals surface area contributed by atoms with Gasteiger partial charge in [-0.1, -0.05) is 0 Å². The Labute approximate surface area is 199 Å². The van der Waals surface area contributed by atoms with Crippen molar-refractivity contribution in [2.45, 2.75) is 104 Å². The van der Waals surface area contributed by atoms with E-state index >= 15 is 0 Å². The predicted molar refractivity (Wildman–Crippen MR) is 110 cm³/mol. The molecule has 1 saturated carbocycles. The molecule has 1 unspecified atom stereocenters. The third-order valence-electron chi connectivity index (χ3n) is 7.09. The molecule has 0 aromatic rings. The van der Waals surface area contributed by atoms with Crippen molar-refractivity contribution in [2.24, 2.45) is 17.2 Å². The van der Waals surface area contributed by atoms with Crippen LogP contribution in [0.25, 0.3) is 0 Å². The third-order valence-corrected chi connectivity index (χ3v) is 7.09. The first kappa shape index (κ1) is 27.4. The number of hydrogen-bond acceptors (Lipinski definition) is 16. The molecular weight excluding hydrogens is 478 g/mol. The van der Waals surface area contributed by atoms with E-state index in [0.717, 1.165) is 0 Å². The fraction of sp³-hybridized carbons (Fsp3) is 1.00. The van der Waals surface area contributed by atoms with Gasteiger partial charge in [-0.25, -0.2) is 0 Å². The number of aliphatic hydroxyl groups excluding tert-OH is 8. The van der Waals surface area contributed by atoms with E-state index in [9.17, 15) is 40.9 Å². The summed E-state index contributed by atoms with van der Waals surface area (Å²) >= 11 is 0. The largest absolute Gasteiger partial charge is 0.395 e. The maximum atomic E-state index is 10.7. The summed E-state index contributed by atoms with van der Waals surface area (Å²) in [4.78, 5) is 0. The number of rotatable bonds is 5. The van der Waals surface area contributed by atoms with Gasteiger partial charge in [0.15, 0.2) is 12.4 Å². The lowest BCUT2D eigenvalue weighted by Crippen LogP contribution is -2.69. The van der Waals surface area contributed by atoms with Gasteiger partial charge in [0.2, 0.25) is 0 Å². The highest BCUT2D eigenvalue weighted by molar-refractivity contribution is 5.04. The zero-order chi connectivity index (χ0) is 25.8. The van der Waals surface area contributed by atoms with Gasteiger partial charge in [0.05, 0.1) is 31.5 Å². The Balaban J connectivity index is 1.62. The highest BCUT2D eigenvalue weighted by Crippen LogP contribution is 2.45. The molecule has 0 radical (unpaired) electrons. The highest BCUT2D eigenvalue weighted by Gasteiger charge is 2.67. The first-order valence-corrected chi connectivity index (χ1v) is 11.4. The van der Waals surface area contributed by atoms with Crippen molar-refractivity contribution in [3.63, 3.8) is 0 Å². The van der Waals surface area contributed by atoms with Gasteiger partial charge >= 0.3 is 5.97 Å². The van der Waals surface area contributed by atoms with Crippen LogP contribution in [0.3, 0.4) is 0 Å². The van der Waals surface area contributed by atoms with Crippen molar-refractivity contribution in [3.05, 3.63) is 0 Å². The van der Waals surface area contributed by atoms with Gasteiger partial charge in [-0.2, -0.15) is 0 Å². The van der Waals surface area contributed by atoms with Crippen LogP contribution < -0.4 is 17.2 Å². The summed E-state index contributed by atoms with van der Waals surface area (Å²) in [5.74, 6) is -2.49. The molecule has 4 rings (SSSR count). The summed E-state index contributed by atoms with van der Waals surface area (Å²) in [6.07, 6.45) is -18.2. The van der Waals surface area contributed by atoms with E-state index in [1.165, 1.54) is 0 Å². The van der Waals surface area contributed by atoms with Crippen LogP contribution in [0.5, 0.6) is 0 Å². The molecule has 0 bridgehead atoms. The number of fused-ring (bicyclic) bond motifs is 1. The van der Waals surface area contributed by atoms with Crippen molar-refractivity contribution >= 4 is 0 Å². The highest BCUT2D eigenvalue weighted by atomic mass is 16.9. The molecule has 0 aromatic heterocycles. The Bertz CT molecular complexity index is 726. The maximum Gasteiger partial charge on any atom is 0.314 e. The van der Waals surface area contributed by atoms with Crippen LogP contribution in [-0.2, 0) is 23.7 Å². The second-order valence-electron chi connectivity index (χ2n) is 9.48. The molecule has 0 aromatic carbocycles. The standard InChI is InChI=1S/C19H35N3O13/c20-4-1-5(21)9(26)14(8(4)25)32-18-16-15(10(27)7(3-24)31-18)34-19(35-16)17(30)12(29)11(28)13(33-19)6(22)2-23/h4-18,23-30H,1-3,20-22H2/t4-,5-,6+,7-,8-,9+,10-,11+,12-,13-,14?,15+,16-,17-,18-,19-/m0/s1. The summed E-state index contributed by atoms with van der Waals surface area (Å²) in [5, 5.41) is 82.1. The van der Waals surface area contributed by atoms with E-state index in [1.54, 1.807) is 0 Å². The van der Waals surface area contributed by atoms with E-state index in [2.05, 4.69) is 0 Å². The van der Waals surface area contributed by atoms with Gasteiger partial charge in [0.1, 0.15) is 48.8 Å². The molecule has 0 amide bonds. The van der Waals surface area contributed by atoms with Crippen LogP contribution in [0, 0.1) is 0 Å². The van der Waals surface area contributed by atoms with Crippen LogP contribution in [-0.4, -0.2) is 152 Å². The number of nitrogens with two attached hydrogens (primary N) is 3. The van der Waals surface area contributed by atoms with Crippen LogP contribution in [0.2, 0.25) is 0 Å². The minimum atomic E-state index is -2.49. The van der Waals surface area contributed by atoms with E-state index in [4.69, 9.17) is 40.9 Å². The van der Waals surface area contributed by atoms with Crippen LogP contribution in [0.4, 0.5) is 0 Å². The quantitative estimate of drug-likeness (QED) is 0.163. The average Bonchev–Trinajstić information content (AvgIpc) is 3.23. The van der Waals surface area contributed by atoms with Gasteiger partial charge in [0, 0.05) is 12.1 Å². The summed E-state index contributed by atoms with van der Waals surface area (Å²) in [5.41, 5.74) is 17.5. The van der Waals surface area contributed by atoms with E-state index in [0.29, 0.717) is 0 Å². The Morgan fingerprint density at radius 2 is 1.43 bits per heavy atom. The SMILES string of the molecule is N[C@H](CO)[C@@H]1O[C@@]2(O[C@@H]3[C@H](OC4[C@@H](O)[C@@H](N)C[C@H](N)[C@H]4O)O[C@@H](CO)[C@H](O)[C@H]3O2)[C@@H](O)[C@@H](O)[C@H]1O. The zero-order valence-electron chi connectivity index (χ0n) is 18.6. The van der Waals surface area contributed by atoms with Crippen LogP contribution in [0.1, 0.15) is 6.42 Å². The second-order valence-corrected chi connectivity index (χ2v) is 9.48. The zero-order valence-corrected chi connectivity index (χ0v) is 18.6. The molecular formula is C19H35N3O13. The first-order valence-electron chi connectivity index (χ1n) is 11.4. The molecule has 16 heteroatoms. The lowest BCUT2D eigenvalue weighted by atomic mass is 9.84. The topological polar surface area (TPSA) is 286 Å². The molecule has 35 heavy (non-hydrogen) atoms. The van der Waals surface area contributed by atoms with Crippen molar-refractivity contribution in [3.8, 4) is 0 Å². The number of hydrogen-bond donors (Lipinski definition) is 11. The molecule has 204 valence electrons. The Kier molecular flexibility index (Phi) is 8.03. The summed E-state index contributed by atoms with van der Waals surface area (Å²) in [6.45, 7) is -1.35. The molecule has 16 atom stereocenters. The monoisotopic (exact) mass is 513 g/mol. The first-order chi connectivity index (χ1) is 16.5. The summed E-state index contributed by atoms with van der Waals surface area (Å²) in [7, 11) is 0. The molecule has 14 N–H and O–H groups in total. The van der Waals surface area contributed by atoms with Crippen LogP contribution in [0.15, 0.2) is 0 Å². The van der Waals surface area contributed by atoms with E-state index in [1.807, 2.05) is 0 Å². The minimum Gasteiger partial charge on any atom is -0.395 e. The van der Waals surface area contributed by atoms with Gasteiger partial charge in [0.25, 0.3) is 0 Å². The van der Waals surface area contributed by atoms with E-state index in [-0.39, 0.29) is 6.42 Å².